The first-order valence-corrected chi connectivity index (χ1v) is 11.4. The van der Waals surface area contributed by atoms with Crippen molar-refractivity contribution >= 4 is 10.0 Å². The predicted octanol–water partition coefficient (Wildman–Crippen LogP) is 3.68. The van der Waals surface area contributed by atoms with Crippen LogP contribution in [0.25, 0.3) is 0 Å². The molecule has 0 aliphatic carbocycles. The summed E-state index contributed by atoms with van der Waals surface area (Å²) >= 11 is 0. The molecule has 1 atom stereocenters. The highest BCUT2D eigenvalue weighted by molar-refractivity contribution is 7.89. The summed E-state index contributed by atoms with van der Waals surface area (Å²) in [6.07, 6.45) is 4.34. The minimum Gasteiger partial charge on any atom is -0.296 e. The third kappa shape index (κ3) is 3.44. The fourth-order valence-corrected chi connectivity index (χ4v) is 6.32. The van der Waals surface area contributed by atoms with E-state index in [2.05, 4.69) is 30.0 Å². The van der Waals surface area contributed by atoms with Crippen molar-refractivity contribution in [3.05, 3.63) is 65.7 Å². The summed E-state index contributed by atoms with van der Waals surface area (Å²) in [6.45, 7) is 5.22. The molecular weight excluding hydrogens is 356 g/mol. The number of rotatable bonds is 3. The van der Waals surface area contributed by atoms with E-state index in [1.54, 1.807) is 28.6 Å². The Morgan fingerprint density at radius 2 is 1.67 bits per heavy atom. The molecule has 0 N–H and O–H groups in total. The zero-order chi connectivity index (χ0) is 18.9. The molecule has 0 saturated carbocycles. The van der Waals surface area contributed by atoms with Gasteiger partial charge in [0.05, 0.1) is 4.90 Å². The Hall–Kier alpha value is -1.69. The molecule has 0 bridgehead atoms. The number of hydrogen-bond donors (Lipinski definition) is 0. The number of piperidine rings is 1. The first kappa shape index (κ1) is 18.7. The molecule has 1 unspecified atom stereocenters. The van der Waals surface area contributed by atoms with Crippen LogP contribution in [0.4, 0.5) is 0 Å². The second kappa shape index (κ2) is 7.38. The van der Waals surface area contributed by atoms with Crippen LogP contribution in [0.1, 0.15) is 37.3 Å². The SMILES string of the molecule is CCN1CCCCC12Cc1ccccc1CN(S(=O)(=O)c1ccccc1)C2. The molecule has 5 heteroatoms. The lowest BCUT2D eigenvalue weighted by Gasteiger charge is -2.48. The van der Waals surface area contributed by atoms with Crippen molar-refractivity contribution in [3.8, 4) is 0 Å². The highest BCUT2D eigenvalue weighted by atomic mass is 32.2. The number of nitrogens with zero attached hydrogens (tertiary/aromatic N) is 2. The van der Waals surface area contributed by atoms with E-state index in [4.69, 9.17) is 0 Å². The number of benzene rings is 2. The van der Waals surface area contributed by atoms with E-state index in [-0.39, 0.29) is 5.54 Å². The van der Waals surface area contributed by atoms with Crippen LogP contribution in [0.15, 0.2) is 59.5 Å². The molecule has 2 aromatic rings. The Morgan fingerprint density at radius 1 is 0.963 bits per heavy atom. The molecule has 2 aromatic carbocycles. The molecule has 27 heavy (non-hydrogen) atoms. The van der Waals surface area contributed by atoms with Crippen LogP contribution in [-0.4, -0.2) is 42.8 Å². The van der Waals surface area contributed by atoms with Gasteiger partial charge in [-0.15, -0.1) is 0 Å². The van der Waals surface area contributed by atoms with E-state index < -0.39 is 10.0 Å². The van der Waals surface area contributed by atoms with Crippen molar-refractivity contribution in [2.45, 2.75) is 49.6 Å². The molecule has 4 nitrogen and oxygen atoms in total. The maximum Gasteiger partial charge on any atom is 0.243 e. The van der Waals surface area contributed by atoms with Gasteiger partial charge < -0.3 is 0 Å². The summed E-state index contributed by atoms with van der Waals surface area (Å²) in [5, 5.41) is 0. The lowest BCUT2D eigenvalue weighted by atomic mass is 9.81. The summed E-state index contributed by atoms with van der Waals surface area (Å²) in [5.41, 5.74) is 2.32. The summed E-state index contributed by atoms with van der Waals surface area (Å²) in [5.74, 6) is 0. The summed E-state index contributed by atoms with van der Waals surface area (Å²) in [4.78, 5) is 2.91. The number of hydrogen-bond acceptors (Lipinski definition) is 3. The Balaban J connectivity index is 1.81. The fraction of sp³-hybridized carbons (Fsp3) is 0.455. The Kier molecular flexibility index (Phi) is 5.10. The number of sulfonamides is 1. The number of fused-ring (bicyclic) bond motifs is 1. The van der Waals surface area contributed by atoms with E-state index in [9.17, 15) is 8.42 Å². The number of likely N-dealkylation sites (tertiary alicyclic amines) is 1. The molecule has 1 spiro atoms. The zero-order valence-electron chi connectivity index (χ0n) is 16.0. The van der Waals surface area contributed by atoms with Gasteiger partial charge in [-0.25, -0.2) is 8.42 Å². The Bertz CT molecular complexity index is 898. The van der Waals surface area contributed by atoms with Gasteiger partial charge in [0, 0.05) is 18.6 Å². The van der Waals surface area contributed by atoms with Crippen LogP contribution in [0.2, 0.25) is 0 Å². The van der Waals surface area contributed by atoms with Crippen molar-refractivity contribution in [2.24, 2.45) is 0 Å². The molecule has 2 aliphatic heterocycles. The summed E-state index contributed by atoms with van der Waals surface area (Å²) in [6, 6.07) is 17.2. The van der Waals surface area contributed by atoms with Gasteiger partial charge in [-0.3, -0.25) is 4.90 Å². The van der Waals surface area contributed by atoms with E-state index in [1.165, 1.54) is 12.0 Å². The van der Waals surface area contributed by atoms with Gasteiger partial charge in [0.1, 0.15) is 0 Å². The first-order valence-electron chi connectivity index (χ1n) is 9.92. The normalized spacial score (nSPS) is 24.5. The van der Waals surface area contributed by atoms with Crippen LogP contribution in [0, 0.1) is 0 Å². The quantitative estimate of drug-likeness (QED) is 0.811. The number of likely N-dealkylation sites (N-methyl/N-ethyl adjacent to an activating group) is 1. The van der Waals surface area contributed by atoms with Crippen LogP contribution in [0.3, 0.4) is 0 Å². The van der Waals surface area contributed by atoms with Gasteiger partial charge in [0.25, 0.3) is 0 Å². The largest absolute Gasteiger partial charge is 0.296 e. The molecule has 0 amide bonds. The summed E-state index contributed by atoms with van der Waals surface area (Å²) < 4.78 is 28.7. The van der Waals surface area contributed by atoms with E-state index in [0.29, 0.717) is 18.0 Å². The minimum atomic E-state index is -3.53. The first-order chi connectivity index (χ1) is 13.0. The Morgan fingerprint density at radius 3 is 2.41 bits per heavy atom. The molecule has 1 fully saturated rings. The third-order valence-electron chi connectivity index (χ3n) is 6.21. The average molecular weight is 385 g/mol. The van der Waals surface area contributed by atoms with Gasteiger partial charge in [0.15, 0.2) is 0 Å². The molecule has 1 saturated heterocycles. The molecule has 2 heterocycles. The van der Waals surface area contributed by atoms with Crippen molar-refractivity contribution in [1.29, 1.82) is 0 Å². The van der Waals surface area contributed by atoms with E-state index in [0.717, 1.165) is 37.9 Å². The van der Waals surface area contributed by atoms with Gasteiger partial charge in [-0.1, -0.05) is 55.8 Å². The second-order valence-electron chi connectivity index (χ2n) is 7.79. The van der Waals surface area contributed by atoms with E-state index >= 15 is 0 Å². The molecule has 0 aromatic heterocycles. The van der Waals surface area contributed by atoms with Crippen molar-refractivity contribution < 1.29 is 8.42 Å². The second-order valence-corrected chi connectivity index (χ2v) is 9.73. The predicted molar refractivity (Wildman–Crippen MR) is 108 cm³/mol. The van der Waals surface area contributed by atoms with Crippen LogP contribution in [0.5, 0.6) is 0 Å². The molecule has 4 rings (SSSR count). The van der Waals surface area contributed by atoms with E-state index in [1.807, 2.05) is 12.1 Å². The minimum absolute atomic E-state index is 0.110. The van der Waals surface area contributed by atoms with Gasteiger partial charge in [0.2, 0.25) is 10.0 Å². The monoisotopic (exact) mass is 384 g/mol. The van der Waals surface area contributed by atoms with Crippen LogP contribution < -0.4 is 0 Å². The maximum absolute atomic E-state index is 13.5. The lowest BCUT2D eigenvalue weighted by Crippen LogP contribution is -2.58. The average Bonchev–Trinajstić information content (AvgIpc) is 2.86. The van der Waals surface area contributed by atoms with Gasteiger partial charge >= 0.3 is 0 Å². The van der Waals surface area contributed by atoms with Crippen molar-refractivity contribution in [1.82, 2.24) is 9.21 Å². The highest BCUT2D eigenvalue weighted by Crippen LogP contribution is 2.37. The fourth-order valence-electron chi connectivity index (χ4n) is 4.81. The van der Waals surface area contributed by atoms with Crippen molar-refractivity contribution in [2.75, 3.05) is 19.6 Å². The highest BCUT2D eigenvalue weighted by Gasteiger charge is 2.44. The maximum atomic E-state index is 13.5. The summed E-state index contributed by atoms with van der Waals surface area (Å²) in [7, 11) is -3.53. The molecule has 2 aliphatic rings. The molecule has 144 valence electrons. The van der Waals surface area contributed by atoms with Gasteiger partial charge in [-0.2, -0.15) is 4.31 Å². The lowest BCUT2D eigenvalue weighted by molar-refractivity contribution is 0.0377. The molecular formula is C22H28N2O2S. The molecule has 0 radical (unpaired) electrons. The third-order valence-corrected chi connectivity index (χ3v) is 8.01. The van der Waals surface area contributed by atoms with Gasteiger partial charge in [-0.05, 0) is 55.6 Å². The smallest absolute Gasteiger partial charge is 0.243 e. The topological polar surface area (TPSA) is 40.6 Å². The van der Waals surface area contributed by atoms with Crippen LogP contribution in [-0.2, 0) is 23.0 Å². The zero-order valence-corrected chi connectivity index (χ0v) is 16.8. The van der Waals surface area contributed by atoms with Crippen molar-refractivity contribution in [3.63, 3.8) is 0 Å². The van der Waals surface area contributed by atoms with Crippen LogP contribution >= 0.6 is 0 Å². The Labute approximate surface area is 162 Å². The standard InChI is InChI=1S/C22H28N2O2S/c1-2-23-15-9-8-14-22(23)16-19-10-6-7-11-20(19)17-24(18-22)27(25,26)21-12-4-3-5-13-21/h3-7,10-13H,2,8-9,14-18H2,1H3.